The molecular formula is C18H14N2O. The van der Waals surface area contributed by atoms with E-state index in [1.54, 1.807) is 24.5 Å². The molecule has 0 fully saturated rings. The molecular weight excluding hydrogens is 260 g/mol. The van der Waals surface area contributed by atoms with Gasteiger partial charge in [-0.25, -0.2) is 0 Å². The first-order chi connectivity index (χ1) is 10.3. The van der Waals surface area contributed by atoms with Crippen molar-refractivity contribution in [3.63, 3.8) is 0 Å². The molecule has 0 saturated heterocycles. The van der Waals surface area contributed by atoms with Crippen molar-refractivity contribution >= 4 is 22.4 Å². The highest BCUT2D eigenvalue weighted by atomic mass is 16.1. The Morgan fingerprint density at radius 2 is 1.71 bits per heavy atom. The van der Waals surface area contributed by atoms with E-state index < -0.39 is 0 Å². The van der Waals surface area contributed by atoms with Crippen LogP contribution >= 0.6 is 0 Å². The number of pyridine rings is 1. The van der Waals surface area contributed by atoms with E-state index in [4.69, 9.17) is 0 Å². The lowest BCUT2D eigenvalue weighted by atomic mass is 10.0. The summed E-state index contributed by atoms with van der Waals surface area (Å²) in [6.07, 6.45) is 5.44. The molecule has 2 aromatic carbocycles. The Kier molecular flexibility index (Phi) is 2.71. The number of rotatable bonds is 2. The van der Waals surface area contributed by atoms with Gasteiger partial charge in [0.2, 0.25) is 0 Å². The Morgan fingerprint density at radius 1 is 0.952 bits per heavy atom. The van der Waals surface area contributed by atoms with E-state index in [9.17, 15) is 4.79 Å². The average molecular weight is 274 g/mol. The second-order valence-electron chi connectivity index (χ2n) is 5.30. The van der Waals surface area contributed by atoms with E-state index in [-0.39, 0.29) is 5.91 Å². The number of aryl methyl sites for hydroxylation is 2. The summed E-state index contributed by atoms with van der Waals surface area (Å²) in [5, 5.41) is 5.46. The molecule has 1 N–H and O–H groups in total. The van der Waals surface area contributed by atoms with Crippen LogP contribution in [0.2, 0.25) is 0 Å². The normalized spacial score (nSPS) is 12.6. The van der Waals surface area contributed by atoms with Gasteiger partial charge in [-0.3, -0.25) is 9.78 Å². The van der Waals surface area contributed by atoms with Crippen LogP contribution in [0.1, 0.15) is 21.5 Å². The fraction of sp³-hybridized carbons (Fsp3) is 0.111. The molecule has 1 heterocycles. The molecule has 21 heavy (non-hydrogen) atoms. The van der Waals surface area contributed by atoms with Crippen LogP contribution < -0.4 is 5.32 Å². The van der Waals surface area contributed by atoms with Crippen LogP contribution in [-0.2, 0) is 12.8 Å². The molecule has 4 rings (SSSR count). The predicted molar refractivity (Wildman–Crippen MR) is 83.5 cm³/mol. The van der Waals surface area contributed by atoms with E-state index in [0.717, 1.165) is 23.9 Å². The maximum atomic E-state index is 12.3. The highest BCUT2D eigenvalue weighted by molar-refractivity contribution is 6.10. The summed E-state index contributed by atoms with van der Waals surface area (Å²) in [5.41, 5.74) is 4.25. The summed E-state index contributed by atoms with van der Waals surface area (Å²) in [5.74, 6) is -0.101. The molecule has 1 aliphatic carbocycles. The topological polar surface area (TPSA) is 42.0 Å². The van der Waals surface area contributed by atoms with Crippen molar-refractivity contribution in [1.29, 1.82) is 0 Å². The number of carbonyl (C=O) groups excluding carboxylic acids is 1. The third-order valence-electron chi connectivity index (χ3n) is 4.07. The number of carbonyl (C=O) groups is 1. The standard InChI is InChI=1S/C18H14N2O/c21-18(14-8-10-19-11-9-14)20-16-7-6-13-5-4-12-2-1-3-15(16)17(12)13/h1-3,6-11H,4-5H2,(H,20,21). The fourth-order valence-electron chi connectivity index (χ4n) is 3.05. The lowest BCUT2D eigenvalue weighted by molar-refractivity contribution is 0.102. The Bertz CT molecular complexity index is 830. The summed E-state index contributed by atoms with van der Waals surface area (Å²) in [7, 11) is 0. The summed E-state index contributed by atoms with van der Waals surface area (Å²) in [4.78, 5) is 16.2. The zero-order valence-electron chi connectivity index (χ0n) is 11.5. The van der Waals surface area contributed by atoms with E-state index in [2.05, 4.69) is 34.6 Å². The van der Waals surface area contributed by atoms with Crippen molar-refractivity contribution in [3.05, 3.63) is 71.5 Å². The predicted octanol–water partition coefficient (Wildman–Crippen LogP) is 3.59. The first kappa shape index (κ1) is 12.1. The van der Waals surface area contributed by atoms with Gasteiger partial charge in [-0.2, -0.15) is 0 Å². The third kappa shape index (κ3) is 1.98. The van der Waals surface area contributed by atoms with Gasteiger partial charge >= 0.3 is 0 Å². The molecule has 0 aliphatic heterocycles. The molecule has 102 valence electrons. The SMILES string of the molecule is O=C(Nc1ccc2c3c(cccc13)CC2)c1ccncc1. The fourth-order valence-corrected chi connectivity index (χ4v) is 3.05. The van der Waals surface area contributed by atoms with Crippen molar-refractivity contribution in [3.8, 4) is 0 Å². The van der Waals surface area contributed by atoms with Gasteiger partial charge in [0.15, 0.2) is 0 Å². The monoisotopic (exact) mass is 274 g/mol. The number of anilines is 1. The van der Waals surface area contributed by atoms with Crippen molar-refractivity contribution in [2.24, 2.45) is 0 Å². The number of hydrogen-bond acceptors (Lipinski definition) is 2. The van der Waals surface area contributed by atoms with Crippen LogP contribution in [-0.4, -0.2) is 10.9 Å². The lowest BCUT2D eigenvalue weighted by Crippen LogP contribution is -2.12. The maximum absolute atomic E-state index is 12.3. The molecule has 3 heteroatoms. The molecule has 0 unspecified atom stereocenters. The molecule has 3 aromatic rings. The first-order valence-electron chi connectivity index (χ1n) is 7.08. The van der Waals surface area contributed by atoms with Gasteiger partial charge in [0.1, 0.15) is 0 Å². The Morgan fingerprint density at radius 3 is 2.52 bits per heavy atom. The van der Waals surface area contributed by atoms with Crippen molar-refractivity contribution in [2.45, 2.75) is 12.8 Å². The second-order valence-corrected chi connectivity index (χ2v) is 5.30. The van der Waals surface area contributed by atoms with Crippen LogP contribution in [0.5, 0.6) is 0 Å². The Labute approximate surface area is 122 Å². The quantitative estimate of drug-likeness (QED) is 0.776. The minimum atomic E-state index is -0.101. The molecule has 1 aliphatic rings. The maximum Gasteiger partial charge on any atom is 0.255 e. The number of nitrogens with zero attached hydrogens (tertiary/aromatic N) is 1. The van der Waals surface area contributed by atoms with Gasteiger partial charge in [-0.1, -0.05) is 24.3 Å². The number of aromatic nitrogens is 1. The average Bonchev–Trinajstić information content (AvgIpc) is 2.96. The number of benzene rings is 2. The first-order valence-corrected chi connectivity index (χ1v) is 7.08. The van der Waals surface area contributed by atoms with Crippen LogP contribution in [0.15, 0.2) is 54.9 Å². The molecule has 0 saturated carbocycles. The minimum Gasteiger partial charge on any atom is -0.321 e. The third-order valence-corrected chi connectivity index (χ3v) is 4.07. The van der Waals surface area contributed by atoms with Crippen LogP contribution in [0.3, 0.4) is 0 Å². The molecule has 1 aromatic heterocycles. The van der Waals surface area contributed by atoms with Crippen molar-refractivity contribution < 1.29 is 4.79 Å². The molecule has 3 nitrogen and oxygen atoms in total. The number of nitrogens with one attached hydrogen (secondary N) is 1. The summed E-state index contributed by atoms with van der Waals surface area (Å²) in [6.45, 7) is 0. The zero-order valence-corrected chi connectivity index (χ0v) is 11.5. The zero-order chi connectivity index (χ0) is 14.2. The van der Waals surface area contributed by atoms with E-state index in [0.29, 0.717) is 5.56 Å². The van der Waals surface area contributed by atoms with Gasteiger partial charge in [0, 0.05) is 29.0 Å². The molecule has 0 atom stereocenters. The smallest absolute Gasteiger partial charge is 0.255 e. The highest BCUT2D eigenvalue weighted by Gasteiger charge is 2.16. The van der Waals surface area contributed by atoms with Gasteiger partial charge in [0.25, 0.3) is 5.91 Å². The number of hydrogen-bond donors (Lipinski definition) is 1. The minimum absolute atomic E-state index is 0.101. The Balaban J connectivity index is 1.77. The van der Waals surface area contributed by atoms with Crippen LogP contribution in [0, 0.1) is 0 Å². The van der Waals surface area contributed by atoms with E-state index in [1.807, 2.05) is 6.07 Å². The van der Waals surface area contributed by atoms with Crippen LogP contribution in [0.25, 0.3) is 10.8 Å². The van der Waals surface area contributed by atoms with Crippen molar-refractivity contribution in [1.82, 2.24) is 4.98 Å². The highest BCUT2D eigenvalue weighted by Crippen LogP contribution is 2.35. The van der Waals surface area contributed by atoms with Crippen molar-refractivity contribution in [2.75, 3.05) is 5.32 Å². The summed E-state index contributed by atoms with van der Waals surface area (Å²) >= 11 is 0. The van der Waals surface area contributed by atoms with Gasteiger partial charge in [0.05, 0.1) is 0 Å². The Hall–Kier alpha value is -2.68. The van der Waals surface area contributed by atoms with Gasteiger partial charge < -0.3 is 5.32 Å². The molecule has 0 radical (unpaired) electrons. The lowest BCUT2D eigenvalue weighted by Gasteiger charge is -2.10. The molecule has 0 spiro atoms. The largest absolute Gasteiger partial charge is 0.321 e. The van der Waals surface area contributed by atoms with Gasteiger partial charge in [-0.05, 0) is 47.6 Å². The van der Waals surface area contributed by atoms with Crippen LogP contribution in [0.4, 0.5) is 5.69 Å². The second kappa shape index (κ2) is 4.70. The van der Waals surface area contributed by atoms with Gasteiger partial charge in [-0.15, -0.1) is 0 Å². The number of amides is 1. The molecule has 0 bridgehead atoms. The van der Waals surface area contributed by atoms with E-state index >= 15 is 0 Å². The molecule has 1 amide bonds. The summed E-state index contributed by atoms with van der Waals surface area (Å²) in [6, 6.07) is 13.9. The summed E-state index contributed by atoms with van der Waals surface area (Å²) < 4.78 is 0. The van der Waals surface area contributed by atoms with E-state index in [1.165, 1.54) is 16.5 Å².